The third kappa shape index (κ3) is 2.66. The van der Waals surface area contributed by atoms with Gasteiger partial charge in [0.1, 0.15) is 5.75 Å². The summed E-state index contributed by atoms with van der Waals surface area (Å²) in [7, 11) is -0.0449. The second kappa shape index (κ2) is 5.03. The predicted octanol–water partition coefficient (Wildman–Crippen LogP) is -0.380. The molecule has 6 heteroatoms. The van der Waals surface area contributed by atoms with Crippen molar-refractivity contribution in [3.05, 3.63) is 42.2 Å². The topological polar surface area (TPSA) is 67.5 Å². The van der Waals surface area contributed by atoms with Gasteiger partial charge in [0.05, 0.1) is 13.7 Å². The number of aromatic nitrogens is 2. The summed E-state index contributed by atoms with van der Waals surface area (Å²) in [6, 6.07) is 7.12. The van der Waals surface area contributed by atoms with Crippen LogP contribution < -0.4 is 10.2 Å². The van der Waals surface area contributed by atoms with Crippen LogP contribution in [0.4, 0.5) is 0 Å². The number of hydrogen-bond donors (Lipinski definition) is 2. The lowest BCUT2D eigenvalue weighted by Gasteiger charge is -2.10. The van der Waals surface area contributed by atoms with Gasteiger partial charge in [-0.3, -0.25) is 4.68 Å². The van der Waals surface area contributed by atoms with E-state index in [0.717, 1.165) is 5.56 Å². The Morgan fingerprint density at radius 2 is 2.24 bits per heavy atom. The summed E-state index contributed by atoms with van der Waals surface area (Å²) in [5.74, 6) is 0.462. The summed E-state index contributed by atoms with van der Waals surface area (Å²) in [5, 5.41) is 22.6. The molecule has 0 saturated heterocycles. The minimum absolute atomic E-state index is 0.358. The van der Waals surface area contributed by atoms with E-state index in [9.17, 15) is 10.0 Å². The summed E-state index contributed by atoms with van der Waals surface area (Å²) in [4.78, 5) is 0. The van der Waals surface area contributed by atoms with Crippen molar-refractivity contribution in [2.45, 2.75) is 6.54 Å². The summed E-state index contributed by atoms with van der Waals surface area (Å²) < 4.78 is 6.81. The number of ether oxygens (including phenoxy) is 1. The molecule has 17 heavy (non-hydrogen) atoms. The zero-order chi connectivity index (χ0) is 12.3. The van der Waals surface area contributed by atoms with Crippen LogP contribution in [0.25, 0.3) is 0 Å². The second-order valence-electron chi connectivity index (χ2n) is 3.65. The molecule has 1 heterocycles. The van der Waals surface area contributed by atoms with Crippen LogP contribution in [-0.2, 0) is 6.54 Å². The Morgan fingerprint density at radius 1 is 1.41 bits per heavy atom. The molecular formula is C11H13BN2O3. The van der Waals surface area contributed by atoms with Crippen molar-refractivity contribution in [3.8, 4) is 5.75 Å². The highest BCUT2D eigenvalue weighted by Crippen LogP contribution is 2.10. The van der Waals surface area contributed by atoms with Crippen LogP contribution in [0, 0.1) is 0 Å². The average molecular weight is 232 g/mol. The van der Waals surface area contributed by atoms with Crippen molar-refractivity contribution in [2.75, 3.05) is 7.11 Å². The van der Waals surface area contributed by atoms with Crippen molar-refractivity contribution in [1.82, 2.24) is 9.78 Å². The van der Waals surface area contributed by atoms with Crippen LogP contribution in [0.2, 0.25) is 0 Å². The molecule has 2 rings (SSSR count). The van der Waals surface area contributed by atoms with Crippen LogP contribution in [-0.4, -0.2) is 34.1 Å². The molecule has 1 aromatic heterocycles. The molecule has 0 amide bonds. The van der Waals surface area contributed by atoms with Crippen LogP contribution in [0.5, 0.6) is 5.75 Å². The molecule has 0 fully saturated rings. The molecule has 0 bridgehead atoms. The highest BCUT2D eigenvalue weighted by atomic mass is 16.5. The molecule has 0 saturated carbocycles. The minimum atomic E-state index is -1.54. The fraction of sp³-hybridized carbons (Fsp3) is 0.182. The van der Waals surface area contributed by atoms with Crippen LogP contribution >= 0.6 is 0 Å². The number of hydrogen-bond acceptors (Lipinski definition) is 4. The highest BCUT2D eigenvalue weighted by molar-refractivity contribution is 6.59. The third-order valence-electron chi connectivity index (χ3n) is 2.48. The van der Waals surface area contributed by atoms with E-state index < -0.39 is 7.12 Å². The van der Waals surface area contributed by atoms with Gasteiger partial charge in [0.25, 0.3) is 0 Å². The zero-order valence-electron chi connectivity index (χ0n) is 9.45. The normalized spacial score (nSPS) is 10.3. The minimum Gasteiger partial charge on any atom is -0.497 e. The van der Waals surface area contributed by atoms with E-state index in [2.05, 4.69) is 5.10 Å². The maximum atomic E-state index is 9.24. The molecule has 88 valence electrons. The lowest BCUT2D eigenvalue weighted by Crippen LogP contribution is -2.31. The monoisotopic (exact) mass is 232 g/mol. The van der Waals surface area contributed by atoms with Gasteiger partial charge in [-0.1, -0.05) is 12.1 Å². The second-order valence-corrected chi connectivity index (χ2v) is 3.65. The first-order chi connectivity index (χ1) is 8.20. The Bertz CT molecular complexity index is 485. The Labute approximate surface area is 99.4 Å². The van der Waals surface area contributed by atoms with E-state index in [1.54, 1.807) is 23.0 Å². The highest BCUT2D eigenvalue weighted by Gasteiger charge is 2.17. The van der Waals surface area contributed by atoms with Gasteiger partial charge >= 0.3 is 7.12 Å². The van der Waals surface area contributed by atoms with Crippen molar-refractivity contribution in [3.63, 3.8) is 0 Å². The first-order valence-electron chi connectivity index (χ1n) is 5.21. The number of methoxy groups -OCH3 is 1. The van der Waals surface area contributed by atoms with Gasteiger partial charge in [-0.15, -0.1) is 0 Å². The SMILES string of the molecule is COc1ccc(Cn2cccn2)cc1B(O)O. The largest absolute Gasteiger partial charge is 0.497 e. The van der Waals surface area contributed by atoms with Crippen LogP contribution in [0.15, 0.2) is 36.7 Å². The van der Waals surface area contributed by atoms with E-state index in [4.69, 9.17) is 4.74 Å². The van der Waals surface area contributed by atoms with Crippen molar-refractivity contribution in [2.24, 2.45) is 0 Å². The Hall–Kier alpha value is -1.79. The fourth-order valence-corrected chi connectivity index (χ4v) is 1.66. The smallest absolute Gasteiger partial charge is 0.492 e. The van der Waals surface area contributed by atoms with Gasteiger partial charge < -0.3 is 14.8 Å². The molecule has 0 aliphatic rings. The zero-order valence-corrected chi connectivity index (χ0v) is 9.45. The van der Waals surface area contributed by atoms with Gasteiger partial charge in [0.15, 0.2) is 0 Å². The molecule has 1 aromatic carbocycles. The number of nitrogens with zero attached hydrogens (tertiary/aromatic N) is 2. The quantitative estimate of drug-likeness (QED) is 0.705. The summed E-state index contributed by atoms with van der Waals surface area (Å²) in [6.07, 6.45) is 3.55. The molecule has 0 aliphatic heterocycles. The van der Waals surface area contributed by atoms with E-state index in [1.807, 2.05) is 18.3 Å². The van der Waals surface area contributed by atoms with Gasteiger partial charge in [0, 0.05) is 17.9 Å². The van der Waals surface area contributed by atoms with Crippen molar-refractivity contribution >= 4 is 12.6 Å². The van der Waals surface area contributed by atoms with Gasteiger partial charge in [0.2, 0.25) is 0 Å². The Balaban J connectivity index is 2.27. The molecule has 0 atom stereocenters. The number of rotatable bonds is 4. The predicted molar refractivity (Wildman–Crippen MR) is 64.1 cm³/mol. The van der Waals surface area contributed by atoms with Crippen LogP contribution in [0.3, 0.4) is 0 Å². The van der Waals surface area contributed by atoms with Gasteiger partial charge in [-0.25, -0.2) is 0 Å². The fourth-order valence-electron chi connectivity index (χ4n) is 1.66. The Kier molecular flexibility index (Phi) is 3.46. The Morgan fingerprint density at radius 3 is 2.82 bits per heavy atom. The first-order valence-corrected chi connectivity index (χ1v) is 5.21. The lowest BCUT2D eigenvalue weighted by atomic mass is 9.78. The van der Waals surface area contributed by atoms with Crippen molar-refractivity contribution < 1.29 is 14.8 Å². The van der Waals surface area contributed by atoms with E-state index in [0.29, 0.717) is 17.8 Å². The molecule has 0 radical (unpaired) electrons. The average Bonchev–Trinajstić information content (AvgIpc) is 2.81. The van der Waals surface area contributed by atoms with E-state index in [-0.39, 0.29) is 0 Å². The molecule has 2 N–H and O–H groups in total. The van der Waals surface area contributed by atoms with E-state index in [1.165, 1.54) is 7.11 Å². The van der Waals surface area contributed by atoms with Gasteiger partial charge in [-0.2, -0.15) is 5.10 Å². The molecular weight excluding hydrogens is 219 g/mol. The maximum absolute atomic E-state index is 9.24. The van der Waals surface area contributed by atoms with Crippen molar-refractivity contribution in [1.29, 1.82) is 0 Å². The maximum Gasteiger partial charge on any atom is 0.492 e. The number of benzene rings is 1. The first kappa shape index (κ1) is 11.7. The molecule has 0 aliphatic carbocycles. The molecule has 2 aromatic rings. The lowest BCUT2D eigenvalue weighted by molar-refractivity contribution is 0.403. The summed E-state index contributed by atoms with van der Waals surface area (Å²) in [5.41, 5.74) is 1.29. The van der Waals surface area contributed by atoms with Gasteiger partial charge in [-0.05, 0) is 17.7 Å². The molecule has 0 spiro atoms. The standard InChI is InChI=1S/C11H13BN2O3/c1-17-11-4-3-9(7-10(11)12(15)16)8-14-6-2-5-13-14/h2-7,15-16H,8H2,1H3. The summed E-state index contributed by atoms with van der Waals surface area (Å²) in [6.45, 7) is 0.580. The third-order valence-corrected chi connectivity index (χ3v) is 2.48. The summed E-state index contributed by atoms with van der Waals surface area (Å²) >= 11 is 0. The molecule has 0 unspecified atom stereocenters. The van der Waals surface area contributed by atoms with E-state index >= 15 is 0 Å². The van der Waals surface area contributed by atoms with Crippen LogP contribution in [0.1, 0.15) is 5.56 Å². The molecule has 5 nitrogen and oxygen atoms in total.